The highest BCUT2D eigenvalue weighted by molar-refractivity contribution is 5.61. The Morgan fingerprint density at radius 2 is 2.06 bits per heavy atom. The zero-order valence-corrected chi connectivity index (χ0v) is 8.41. The van der Waals surface area contributed by atoms with E-state index in [1.165, 1.54) is 6.33 Å². The fraction of sp³-hybridized carbons (Fsp3) is 0. The predicted molar refractivity (Wildman–Crippen MR) is 60.6 cm³/mol. The van der Waals surface area contributed by atoms with Crippen LogP contribution in [0.3, 0.4) is 0 Å². The third-order valence-electron chi connectivity index (χ3n) is 2.37. The van der Waals surface area contributed by atoms with Gasteiger partial charge in [-0.2, -0.15) is 0 Å². The first-order valence-electron chi connectivity index (χ1n) is 4.84. The van der Waals surface area contributed by atoms with Gasteiger partial charge in [-0.05, 0) is 12.1 Å². The Morgan fingerprint density at radius 3 is 2.94 bits per heavy atom. The molecule has 3 heterocycles. The number of aromatic nitrogens is 4. The van der Waals surface area contributed by atoms with Gasteiger partial charge in [0.15, 0.2) is 0 Å². The molecule has 0 aliphatic carbocycles. The van der Waals surface area contributed by atoms with E-state index in [4.69, 9.17) is 5.73 Å². The van der Waals surface area contributed by atoms with Crippen molar-refractivity contribution in [1.82, 2.24) is 19.4 Å². The third-order valence-corrected chi connectivity index (χ3v) is 2.37. The highest BCUT2D eigenvalue weighted by Gasteiger charge is 2.06. The summed E-state index contributed by atoms with van der Waals surface area (Å²) in [7, 11) is 0. The standard InChI is InChI=1S/C11H9N5/c12-10-5-8(14-7-15-10)9-6-13-11-3-1-2-4-16(9)11/h1-7H,(H2,12,14,15). The first-order valence-corrected chi connectivity index (χ1v) is 4.84. The lowest BCUT2D eigenvalue weighted by Crippen LogP contribution is -1.94. The number of nitrogens with zero attached hydrogens (tertiary/aromatic N) is 4. The Labute approximate surface area is 91.6 Å². The number of imidazole rings is 1. The van der Waals surface area contributed by atoms with Crippen LogP contribution in [0.25, 0.3) is 17.0 Å². The van der Waals surface area contributed by atoms with E-state index in [1.807, 2.05) is 28.8 Å². The topological polar surface area (TPSA) is 69.1 Å². The molecule has 2 N–H and O–H groups in total. The first kappa shape index (κ1) is 8.84. The first-order chi connectivity index (χ1) is 7.84. The lowest BCUT2D eigenvalue weighted by Gasteiger charge is -2.00. The zero-order valence-electron chi connectivity index (χ0n) is 8.41. The van der Waals surface area contributed by atoms with Gasteiger partial charge in [0.05, 0.1) is 17.6 Å². The van der Waals surface area contributed by atoms with E-state index in [-0.39, 0.29) is 0 Å². The molecule has 5 heteroatoms. The number of nitrogens with two attached hydrogens (primary N) is 1. The summed E-state index contributed by atoms with van der Waals surface area (Å²) in [5.41, 5.74) is 8.19. The van der Waals surface area contributed by atoms with Gasteiger partial charge >= 0.3 is 0 Å². The number of nitrogen functional groups attached to an aromatic ring is 1. The van der Waals surface area contributed by atoms with Crippen molar-refractivity contribution < 1.29 is 0 Å². The van der Waals surface area contributed by atoms with Gasteiger partial charge in [-0.1, -0.05) is 6.07 Å². The SMILES string of the molecule is Nc1cc(-c2cnc3ccccn23)ncn1. The summed E-state index contributed by atoms with van der Waals surface area (Å²) >= 11 is 0. The number of rotatable bonds is 1. The van der Waals surface area contributed by atoms with E-state index in [0.717, 1.165) is 17.0 Å². The van der Waals surface area contributed by atoms with Crippen molar-refractivity contribution >= 4 is 11.5 Å². The Kier molecular flexibility index (Phi) is 1.83. The monoisotopic (exact) mass is 211 g/mol. The van der Waals surface area contributed by atoms with Gasteiger partial charge in [-0.15, -0.1) is 0 Å². The van der Waals surface area contributed by atoms with Crippen LogP contribution in [0.15, 0.2) is 43.0 Å². The van der Waals surface area contributed by atoms with Crippen LogP contribution in [-0.4, -0.2) is 19.4 Å². The van der Waals surface area contributed by atoms with Crippen molar-refractivity contribution in [2.75, 3.05) is 5.73 Å². The molecule has 0 spiro atoms. The third kappa shape index (κ3) is 1.30. The molecule has 0 saturated heterocycles. The fourth-order valence-electron chi connectivity index (χ4n) is 1.63. The van der Waals surface area contributed by atoms with Crippen molar-refractivity contribution in [2.24, 2.45) is 0 Å². The number of fused-ring (bicyclic) bond motifs is 1. The summed E-state index contributed by atoms with van der Waals surface area (Å²) in [5.74, 6) is 0.455. The van der Waals surface area contributed by atoms with E-state index in [1.54, 1.807) is 12.3 Å². The molecular weight excluding hydrogens is 202 g/mol. The van der Waals surface area contributed by atoms with E-state index < -0.39 is 0 Å². The normalized spacial score (nSPS) is 10.8. The molecule has 0 aliphatic heterocycles. The second kappa shape index (κ2) is 3.30. The van der Waals surface area contributed by atoms with Crippen LogP contribution in [0.1, 0.15) is 0 Å². The van der Waals surface area contributed by atoms with Gasteiger partial charge in [0, 0.05) is 12.3 Å². The lowest BCUT2D eigenvalue weighted by atomic mass is 10.3. The maximum absolute atomic E-state index is 5.63. The van der Waals surface area contributed by atoms with E-state index in [9.17, 15) is 0 Å². The van der Waals surface area contributed by atoms with Crippen molar-refractivity contribution in [1.29, 1.82) is 0 Å². The molecule has 0 radical (unpaired) electrons. The van der Waals surface area contributed by atoms with Crippen LogP contribution in [0.5, 0.6) is 0 Å². The van der Waals surface area contributed by atoms with Crippen LogP contribution in [0.4, 0.5) is 5.82 Å². The summed E-state index contributed by atoms with van der Waals surface area (Å²) in [4.78, 5) is 12.3. The largest absolute Gasteiger partial charge is 0.384 e. The highest BCUT2D eigenvalue weighted by atomic mass is 15.0. The Hall–Kier alpha value is -2.43. The average Bonchev–Trinajstić information content (AvgIpc) is 2.72. The molecule has 0 aliphatic rings. The summed E-state index contributed by atoms with van der Waals surface area (Å²) in [6, 6.07) is 7.56. The predicted octanol–water partition coefficient (Wildman–Crippen LogP) is 1.37. The minimum Gasteiger partial charge on any atom is -0.384 e. The van der Waals surface area contributed by atoms with Crippen LogP contribution in [-0.2, 0) is 0 Å². The van der Waals surface area contributed by atoms with Gasteiger partial charge in [0.1, 0.15) is 17.8 Å². The Morgan fingerprint density at radius 1 is 1.12 bits per heavy atom. The smallest absolute Gasteiger partial charge is 0.137 e. The summed E-state index contributed by atoms with van der Waals surface area (Å²) in [6.45, 7) is 0. The molecule has 3 aromatic heterocycles. The van der Waals surface area contributed by atoms with Crippen molar-refractivity contribution in [2.45, 2.75) is 0 Å². The molecule has 16 heavy (non-hydrogen) atoms. The molecular formula is C11H9N5. The van der Waals surface area contributed by atoms with Gasteiger partial charge in [0.2, 0.25) is 0 Å². The lowest BCUT2D eigenvalue weighted by molar-refractivity contribution is 1.13. The molecule has 0 unspecified atom stereocenters. The minimum absolute atomic E-state index is 0.455. The molecule has 78 valence electrons. The van der Waals surface area contributed by atoms with Crippen LogP contribution in [0, 0.1) is 0 Å². The van der Waals surface area contributed by atoms with Gasteiger partial charge in [0.25, 0.3) is 0 Å². The van der Waals surface area contributed by atoms with E-state index in [0.29, 0.717) is 5.82 Å². The molecule has 3 rings (SSSR count). The van der Waals surface area contributed by atoms with Crippen LogP contribution < -0.4 is 5.73 Å². The summed E-state index contributed by atoms with van der Waals surface area (Å²) in [5, 5.41) is 0. The average molecular weight is 211 g/mol. The maximum atomic E-state index is 5.63. The number of hydrogen-bond donors (Lipinski definition) is 1. The molecule has 3 aromatic rings. The van der Waals surface area contributed by atoms with Crippen molar-refractivity contribution in [3.8, 4) is 11.4 Å². The Balaban J connectivity index is 2.26. The zero-order chi connectivity index (χ0) is 11.0. The molecule has 0 amide bonds. The number of pyridine rings is 1. The number of hydrogen-bond acceptors (Lipinski definition) is 4. The quantitative estimate of drug-likeness (QED) is 0.660. The molecule has 5 nitrogen and oxygen atoms in total. The van der Waals surface area contributed by atoms with Crippen LogP contribution >= 0.6 is 0 Å². The molecule has 0 saturated carbocycles. The van der Waals surface area contributed by atoms with Crippen molar-refractivity contribution in [3.63, 3.8) is 0 Å². The second-order valence-electron chi connectivity index (χ2n) is 3.40. The summed E-state index contributed by atoms with van der Waals surface area (Å²) in [6.07, 6.45) is 5.17. The second-order valence-corrected chi connectivity index (χ2v) is 3.40. The molecule has 0 bridgehead atoms. The summed E-state index contributed by atoms with van der Waals surface area (Å²) < 4.78 is 1.96. The number of anilines is 1. The maximum Gasteiger partial charge on any atom is 0.137 e. The van der Waals surface area contributed by atoms with Crippen molar-refractivity contribution in [3.05, 3.63) is 43.0 Å². The van der Waals surface area contributed by atoms with Crippen LogP contribution in [0.2, 0.25) is 0 Å². The molecule has 0 atom stereocenters. The Bertz CT molecular complexity index is 643. The fourth-order valence-corrected chi connectivity index (χ4v) is 1.63. The minimum atomic E-state index is 0.455. The van der Waals surface area contributed by atoms with Gasteiger partial charge < -0.3 is 5.73 Å². The molecule has 0 aromatic carbocycles. The van der Waals surface area contributed by atoms with Gasteiger partial charge in [-0.3, -0.25) is 4.40 Å². The van der Waals surface area contributed by atoms with Gasteiger partial charge in [-0.25, -0.2) is 15.0 Å². The highest BCUT2D eigenvalue weighted by Crippen LogP contribution is 2.18. The molecule has 0 fully saturated rings. The van der Waals surface area contributed by atoms with E-state index in [2.05, 4.69) is 15.0 Å². The van der Waals surface area contributed by atoms with E-state index >= 15 is 0 Å².